The highest BCUT2D eigenvalue weighted by Gasteiger charge is 2.20. The first-order chi connectivity index (χ1) is 13.3. The van der Waals surface area contributed by atoms with Gasteiger partial charge in [0.05, 0.1) is 11.0 Å². The SMILES string of the molecule is CC(C)c1cccc(NC(=O)c2ccc(S(=O)(=O)NCC3CCCO3)cc2)c1. The van der Waals surface area contributed by atoms with E-state index in [0.717, 1.165) is 18.4 Å². The highest BCUT2D eigenvalue weighted by Crippen LogP contribution is 2.19. The molecule has 6 nitrogen and oxygen atoms in total. The Morgan fingerprint density at radius 1 is 1.18 bits per heavy atom. The summed E-state index contributed by atoms with van der Waals surface area (Å²) in [5.74, 6) is 0.0839. The van der Waals surface area contributed by atoms with Crippen LogP contribution in [0, 0.1) is 0 Å². The van der Waals surface area contributed by atoms with E-state index in [4.69, 9.17) is 4.74 Å². The van der Waals surface area contributed by atoms with Crippen LogP contribution in [-0.2, 0) is 14.8 Å². The maximum absolute atomic E-state index is 12.5. The quantitative estimate of drug-likeness (QED) is 0.742. The highest BCUT2D eigenvalue weighted by atomic mass is 32.2. The van der Waals surface area contributed by atoms with Gasteiger partial charge in [-0.2, -0.15) is 0 Å². The van der Waals surface area contributed by atoms with Crippen LogP contribution in [0.3, 0.4) is 0 Å². The second-order valence-electron chi connectivity index (χ2n) is 7.25. The molecule has 1 atom stereocenters. The monoisotopic (exact) mass is 402 g/mol. The number of hydrogen-bond acceptors (Lipinski definition) is 4. The normalized spacial score (nSPS) is 17.0. The Morgan fingerprint density at radius 3 is 2.57 bits per heavy atom. The van der Waals surface area contributed by atoms with E-state index in [1.165, 1.54) is 24.3 Å². The number of hydrogen-bond donors (Lipinski definition) is 2. The van der Waals surface area contributed by atoms with Crippen LogP contribution in [0.25, 0.3) is 0 Å². The fourth-order valence-electron chi connectivity index (χ4n) is 3.06. The van der Waals surface area contributed by atoms with Crippen LogP contribution in [-0.4, -0.2) is 33.6 Å². The molecule has 150 valence electrons. The molecule has 1 unspecified atom stereocenters. The number of carbonyl (C=O) groups excluding carboxylic acids is 1. The Bertz CT molecular complexity index is 918. The Labute approximate surface area is 166 Å². The molecule has 1 heterocycles. The molecular formula is C21H26N2O4S. The summed E-state index contributed by atoms with van der Waals surface area (Å²) >= 11 is 0. The first-order valence-corrected chi connectivity index (χ1v) is 11.0. The molecule has 7 heteroatoms. The van der Waals surface area contributed by atoms with Gasteiger partial charge in [0.15, 0.2) is 0 Å². The summed E-state index contributed by atoms with van der Waals surface area (Å²) in [6, 6.07) is 13.6. The van der Waals surface area contributed by atoms with E-state index in [2.05, 4.69) is 23.9 Å². The Kier molecular flexibility index (Phi) is 6.49. The minimum Gasteiger partial charge on any atom is -0.377 e. The smallest absolute Gasteiger partial charge is 0.255 e. The Hall–Kier alpha value is -2.22. The van der Waals surface area contributed by atoms with Gasteiger partial charge in [-0.3, -0.25) is 4.79 Å². The zero-order valence-electron chi connectivity index (χ0n) is 16.1. The average Bonchev–Trinajstić information content (AvgIpc) is 3.20. The maximum Gasteiger partial charge on any atom is 0.255 e. The van der Waals surface area contributed by atoms with Crippen LogP contribution >= 0.6 is 0 Å². The number of sulfonamides is 1. The summed E-state index contributed by atoms with van der Waals surface area (Å²) in [5, 5.41) is 2.85. The molecule has 0 bridgehead atoms. The summed E-state index contributed by atoms with van der Waals surface area (Å²) in [7, 11) is -3.63. The van der Waals surface area contributed by atoms with E-state index in [1.54, 1.807) is 0 Å². The summed E-state index contributed by atoms with van der Waals surface area (Å²) in [5.41, 5.74) is 2.25. The number of ether oxygens (including phenoxy) is 1. The van der Waals surface area contributed by atoms with Crippen molar-refractivity contribution >= 4 is 21.6 Å². The predicted molar refractivity (Wildman–Crippen MR) is 109 cm³/mol. The first-order valence-electron chi connectivity index (χ1n) is 9.48. The second kappa shape index (κ2) is 8.86. The van der Waals surface area contributed by atoms with Gasteiger partial charge in [-0.05, 0) is 60.7 Å². The van der Waals surface area contributed by atoms with E-state index in [-0.39, 0.29) is 23.5 Å². The summed E-state index contributed by atoms with van der Waals surface area (Å²) in [6.45, 7) is 5.12. The molecule has 28 heavy (non-hydrogen) atoms. The summed E-state index contributed by atoms with van der Waals surface area (Å²) in [4.78, 5) is 12.6. The summed E-state index contributed by atoms with van der Waals surface area (Å²) < 4.78 is 32.8. The van der Waals surface area contributed by atoms with E-state index >= 15 is 0 Å². The Balaban J connectivity index is 1.64. The van der Waals surface area contributed by atoms with Crippen LogP contribution in [0.1, 0.15) is 48.5 Å². The molecule has 1 aliphatic rings. The molecule has 2 aromatic carbocycles. The van der Waals surface area contributed by atoms with Gasteiger partial charge in [-0.25, -0.2) is 13.1 Å². The van der Waals surface area contributed by atoms with Crippen molar-refractivity contribution in [1.29, 1.82) is 0 Å². The van der Waals surface area contributed by atoms with Crippen molar-refractivity contribution in [3.8, 4) is 0 Å². The molecule has 0 radical (unpaired) electrons. The third-order valence-corrected chi connectivity index (χ3v) is 6.20. The van der Waals surface area contributed by atoms with Gasteiger partial charge in [-0.1, -0.05) is 26.0 Å². The van der Waals surface area contributed by atoms with Crippen molar-refractivity contribution in [2.24, 2.45) is 0 Å². The minimum atomic E-state index is -3.63. The number of rotatable bonds is 7. The molecular weight excluding hydrogens is 376 g/mol. The van der Waals surface area contributed by atoms with E-state index in [0.29, 0.717) is 23.8 Å². The molecule has 1 amide bonds. The van der Waals surface area contributed by atoms with Crippen molar-refractivity contribution in [2.75, 3.05) is 18.5 Å². The lowest BCUT2D eigenvalue weighted by atomic mass is 10.0. The molecule has 2 N–H and O–H groups in total. The van der Waals surface area contributed by atoms with Gasteiger partial charge < -0.3 is 10.1 Å². The van der Waals surface area contributed by atoms with Gasteiger partial charge >= 0.3 is 0 Å². The third kappa shape index (κ3) is 5.19. The van der Waals surface area contributed by atoms with Crippen molar-refractivity contribution in [1.82, 2.24) is 4.72 Å². The second-order valence-corrected chi connectivity index (χ2v) is 9.01. The van der Waals surface area contributed by atoms with Gasteiger partial charge in [0.2, 0.25) is 10.0 Å². The van der Waals surface area contributed by atoms with Crippen LogP contribution in [0.5, 0.6) is 0 Å². The molecule has 0 saturated carbocycles. The molecule has 0 aromatic heterocycles. The molecule has 0 spiro atoms. The van der Waals surface area contributed by atoms with Gasteiger partial charge in [0.25, 0.3) is 5.91 Å². The third-order valence-electron chi connectivity index (χ3n) is 4.76. The molecule has 0 aliphatic carbocycles. The highest BCUT2D eigenvalue weighted by molar-refractivity contribution is 7.89. The van der Waals surface area contributed by atoms with Crippen LogP contribution in [0.4, 0.5) is 5.69 Å². The van der Waals surface area contributed by atoms with Crippen LogP contribution in [0.15, 0.2) is 53.4 Å². The van der Waals surface area contributed by atoms with Crippen molar-refractivity contribution in [3.63, 3.8) is 0 Å². The zero-order valence-corrected chi connectivity index (χ0v) is 17.0. The number of amides is 1. The van der Waals surface area contributed by atoms with Gasteiger partial charge in [-0.15, -0.1) is 0 Å². The van der Waals surface area contributed by atoms with Gasteiger partial charge in [0, 0.05) is 24.4 Å². The Morgan fingerprint density at radius 2 is 1.93 bits per heavy atom. The minimum absolute atomic E-state index is 0.0681. The van der Waals surface area contributed by atoms with Crippen molar-refractivity contribution in [3.05, 3.63) is 59.7 Å². The number of nitrogens with one attached hydrogen (secondary N) is 2. The fraction of sp³-hybridized carbons (Fsp3) is 0.381. The predicted octanol–water partition coefficient (Wildman–Crippen LogP) is 3.52. The van der Waals surface area contributed by atoms with Gasteiger partial charge in [0.1, 0.15) is 0 Å². The lowest BCUT2D eigenvalue weighted by Crippen LogP contribution is -2.31. The lowest BCUT2D eigenvalue weighted by molar-refractivity contribution is 0.102. The lowest BCUT2D eigenvalue weighted by Gasteiger charge is -2.12. The van der Waals surface area contributed by atoms with Crippen molar-refractivity contribution in [2.45, 2.75) is 43.6 Å². The first kappa shape index (κ1) is 20.5. The molecule has 2 aromatic rings. The topological polar surface area (TPSA) is 84.5 Å². The van der Waals surface area contributed by atoms with Crippen molar-refractivity contribution < 1.29 is 17.9 Å². The largest absolute Gasteiger partial charge is 0.377 e. The maximum atomic E-state index is 12.5. The molecule has 3 rings (SSSR count). The fourth-order valence-corrected chi connectivity index (χ4v) is 4.12. The van der Waals surface area contributed by atoms with E-state index < -0.39 is 10.0 Å². The standard InChI is InChI=1S/C21H26N2O4S/c1-15(2)17-5-3-6-18(13-17)23-21(24)16-8-10-20(11-9-16)28(25,26)22-14-19-7-4-12-27-19/h3,5-6,8-11,13,15,19,22H,4,7,12,14H2,1-2H3,(H,23,24). The average molecular weight is 403 g/mol. The van der Waals surface area contributed by atoms with Crippen LogP contribution in [0.2, 0.25) is 0 Å². The number of benzene rings is 2. The molecule has 1 aliphatic heterocycles. The zero-order chi connectivity index (χ0) is 20.1. The molecule has 1 fully saturated rings. The van der Waals surface area contributed by atoms with Crippen LogP contribution < -0.4 is 10.0 Å². The summed E-state index contributed by atoms with van der Waals surface area (Å²) in [6.07, 6.45) is 1.75. The molecule has 1 saturated heterocycles. The van der Waals surface area contributed by atoms with E-state index in [1.807, 2.05) is 24.3 Å². The van der Waals surface area contributed by atoms with E-state index in [9.17, 15) is 13.2 Å². The number of carbonyl (C=O) groups is 1. The number of anilines is 1.